The summed E-state index contributed by atoms with van der Waals surface area (Å²) in [6.45, 7) is 9.11. The van der Waals surface area contributed by atoms with Gasteiger partial charge in [0.25, 0.3) is 5.91 Å². The van der Waals surface area contributed by atoms with Crippen molar-refractivity contribution < 1.29 is 22.7 Å². The van der Waals surface area contributed by atoms with Gasteiger partial charge < -0.3 is 15.0 Å². The Bertz CT molecular complexity index is 1120. The highest BCUT2D eigenvalue weighted by Gasteiger charge is 2.26. The fraction of sp³-hybridized carbons (Fsp3) is 0.440. The van der Waals surface area contributed by atoms with Crippen LogP contribution >= 0.6 is 0 Å². The van der Waals surface area contributed by atoms with Gasteiger partial charge in [-0.05, 0) is 68.7 Å². The second-order valence-corrected chi connectivity index (χ2v) is 10.6. The minimum atomic E-state index is -3.67. The van der Waals surface area contributed by atoms with Gasteiger partial charge in [-0.15, -0.1) is 0 Å². The number of nitrogens with zero attached hydrogens (tertiary/aromatic N) is 1. The van der Waals surface area contributed by atoms with E-state index in [0.29, 0.717) is 25.2 Å². The lowest BCUT2D eigenvalue weighted by Crippen LogP contribution is -2.48. The number of morpholine rings is 1. The molecule has 2 N–H and O–H groups in total. The summed E-state index contributed by atoms with van der Waals surface area (Å²) in [7, 11) is -3.67. The van der Waals surface area contributed by atoms with Crippen molar-refractivity contribution in [1.29, 1.82) is 0 Å². The molecule has 1 heterocycles. The number of amides is 2. The molecule has 3 rings (SSSR count). The maximum Gasteiger partial charge on any atom is 0.254 e. The van der Waals surface area contributed by atoms with Crippen LogP contribution in [0.25, 0.3) is 0 Å². The van der Waals surface area contributed by atoms with E-state index in [4.69, 9.17) is 4.74 Å². The molecule has 1 saturated heterocycles. The molecular formula is C25H33N3O5S. The van der Waals surface area contributed by atoms with Crippen LogP contribution in [0, 0.1) is 13.8 Å². The first-order valence-electron chi connectivity index (χ1n) is 11.4. The third kappa shape index (κ3) is 6.88. The van der Waals surface area contributed by atoms with Gasteiger partial charge in [-0.2, -0.15) is 0 Å². The normalized spacial score (nSPS) is 18.5. The highest BCUT2D eigenvalue weighted by molar-refractivity contribution is 7.89. The minimum absolute atomic E-state index is 0.00489. The highest BCUT2D eigenvalue weighted by atomic mass is 32.2. The minimum Gasteiger partial charge on any atom is -0.372 e. The standard InChI is InChI=1S/C25H33N3O5S/c1-17-5-10-23(13-18(17)2)34(31,32)27-12-11-24(29)26-14-21-6-8-22(9-7-21)25(30)28-15-19(3)33-20(4)16-28/h5-10,13,19-20,27H,11-12,14-16H2,1-4H3,(H,26,29). The van der Waals surface area contributed by atoms with Crippen LogP contribution in [0.1, 0.15) is 47.3 Å². The van der Waals surface area contributed by atoms with Crippen molar-refractivity contribution in [2.45, 2.75) is 57.8 Å². The Morgan fingerprint density at radius 1 is 1.00 bits per heavy atom. The molecule has 1 fully saturated rings. The van der Waals surface area contributed by atoms with Gasteiger partial charge in [0, 0.05) is 38.2 Å². The summed E-state index contributed by atoms with van der Waals surface area (Å²) in [5.41, 5.74) is 3.35. The number of benzene rings is 2. The summed E-state index contributed by atoms with van der Waals surface area (Å²) in [6, 6.07) is 12.1. The Labute approximate surface area is 201 Å². The van der Waals surface area contributed by atoms with Crippen LogP contribution in [0.2, 0.25) is 0 Å². The molecule has 1 aliphatic rings. The molecule has 0 spiro atoms. The maximum atomic E-state index is 12.7. The molecule has 0 saturated carbocycles. The van der Waals surface area contributed by atoms with Crippen molar-refractivity contribution in [3.63, 3.8) is 0 Å². The van der Waals surface area contributed by atoms with Crippen molar-refractivity contribution >= 4 is 21.8 Å². The van der Waals surface area contributed by atoms with Gasteiger partial charge in [0.2, 0.25) is 15.9 Å². The van der Waals surface area contributed by atoms with Gasteiger partial charge >= 0.3 is 0 Å². The first-order chi connectivity index (χ1) is 16.0. The summed E-state index contributed by atoms with van der Waals surface area (Å²) >= 11 is 0. The number of carbonyl (C=O) groups is 2. The lowest BCUT2D eigenvalue weighted by Gasteiger charge is -2.35. The van der Waals surface area contributed by atoms with Crippen LogP contribution in [0.4, 0.5) is 0 Å². The Morgan fingerprint density at radius 2 is 1.65 bits per heavy atom. The molecule has 2 unspecified atom stereocenters. The summed E-state index contributed by atoms with van der Waals surface area (Å²) < 4.78 is 33.0. The molecule has 184 valence electrons. The molecule has 0 aromatic heterocycles. The molecule has 1 aliphatic heterocycles. The van der Waals surface area contributed by atoms with Gasteiger partial charge in [0.15, 0.2) is 0 Å². The zero-order valence-electron chi connectivity index (χ0n) is 20.1. The Hall–Kier alpha value is -2.75. The fourth-order valence-electron chi connectivity index (χ4n) is 3.84. The van der Waals surface area contributed by atoms with E-state index in [1.165, 1.54) is 0 Å². The van der Waals surface area contributed by atoms with E-state index in [1.807, 2.05) is 39.8 Å². The van der Waals surface area contributed by atoms with Gasteiger partial charge in [0.05, 0.1) is 17.1 Å². The second-order valence-electron chi connectivity index (χ2n) is 8.83. The zero-order valence-corrected chi connectivity index (χ0v) is 20.9. The number of sulfonamides is 1. The lowest BCUT2D eigenvalue weighted by atomic mass is 10.1. The molecular weight excluding hydrogens is 454 g/mol. The molecule has 2 aromatic rings. The van der Waals surface area contributed by atoms with Crippen molar-refractivity contribution in [3.8, 4) is 0 Å². The predicted molar refractivity (Wildman–Crippen MR) is 130 cm³/mol. The third-order valence-corrected chi connectivity index (χ3v) is 7.29. The molecule has 8 nitrogen and oxygen atoms in total. The van der Waals surface area contributed by atoms with Gasteiger partial charge in [-0.25, -0.2) is 13.1 Å². The number of nitrogens with one attached hydrogen (secondary N) is 2. The van der Waals surface area contributed by atoms with E-state index in [9.17, 15) is 18.0 Å². The number of rotatable bonds is 8. The zero-order chi connectivity index (χ0) is 24.9. The smallest absolute Gasteiger partial charge is 0.254 e. The summed E-state index contributed by atoms with van der Waals surface area (Å²) in [6.07, 6.45) is 0.0361. The first-order valence-corrected chi connectivity index (χ1v) is 12.9. The largest absolute Gasteiger partial charge is 0.372 e. The van der Waals surface area contributed by atoms with Crippen LogP contribution in [0.5, 0.6) is 0 Å². The molecule has 0 radical (unpaired) electrons. The van der Waals surface area contributed by atoms with Gasteiger partial charge in [-0.3, -0.25) is 9.59 Å². The molecule has 0 aliphatic carbocycles. The van der Waals surface area contributed by atoms with Crippen molar-refractivity contribution in [3.05, 3.63) is 64.7 Å². The van der Waals surface area contributed by atoms with Crippen LogP contribution in [0.3, 0.4) is 0 Å². The van der Waals surface area contributed by atoms with Crippen LogP contribution in [0.15, 0.2) is 47.4 Å². The van der Waals surface area contributed by atoms with Crippen LogP contribution < -0.4 is 10.0 Å². The quantitative estimate of drug-likeness (QED) is 0.595. The molecule has 2 atom stereocenters. The molecule has 34 heavy (non-hydrogen) atoms. The number of hydrogen-bond acceptors (Lipinski definition) is 5. The second kappa shape index (κ2) is 11.1. The number of ether oxygens (including phenoxy) is 1. The first kappa shape index (κ1) is 25.9. The van der Waals surface area contributed by atoms with Crippen molar-refractivity contribution in [1.82, 2.24) is 14.9 Å². The van der Waals surface area contributed by atoms with Crippen molar-refractivity contribution in [2.75, 3.05) is 19.6 Å². The van der Waals surface area contributed by atoms with Gasteiger partial charge in [0.1, 0.15) is 0 Å². The number of hydrogen-bond donors (Lipinski definition) is 2. The van der Waals surface area contributed by atoms with E-state index in [0.717, 1.165) is 16.7 Å². The SMILES string of the molecule is Cc1ccc(S(=O)(=O)NCCC(=O)NCc2ccc(C(=O)N3CC(C)OC(C)C3)cc2)cc1C. The monoisotopic (exact) mass is 487 g/mol. The third-order valence-electron chi connectivity index (χ3n) is 5.83. The van der Waals surface area contributed by atoms with Crippen LogP contribution in [-0.4, -0.2) is 57.0 Å². The van der Waals surface area contributed by atoms with Crippen LogP contribution in [-0.2, 0) is 26.1 Å². The van der Waals surface area contributed by atoms with E-state index in [-0.39, 0.29) is 41.9 Å². The number of aryl methyl sites for hydroxylation is 2. The Morgan fingerprint density at radius 3 is 2.26 bits per heavy atom. The lowest BCUT2D eigenvalue weighted by molar-refractivity contribution is -0.121. The summed E-state index contributed by atoms with van der Waals surface area (Å²) in [5, 5.41) is 2.78. The number of carbonyl (C=O) groups excluding carboxylic acids is 2. The van der Waals surface area contributed by atoms with E-state index in [2.05, 4.69) is 10.0 Å². The average molecular weight is 488 g/mol. The molecule has 2 amide bonds. The average Bonchev–Trinajstić information content (AvgIpc) is 2.78. The van der Waals surface area contributed by atoms with E-state index < -0.39 is 10.0 Å². The Kier molecular flexibility index (Phi) is 8.46. The molecule has 2 aromatic carbocycles. The van der Waals surface area contributed by atoms with E-state index >= 15 is 0 Å². The van der Waals surface area contributed by atoms with Gasteiger partial charge in [-0.1, -0.05) is 18.2 Å². The summed E-state index contributed by atoms with van der Waals surface area (Å²) in [4.78, 5) is 26.9. The van der Waals surface area contributed by atoms with E-state index in [1.54, 1.807) is 35.2 Å². The molecule has 9 heteroatoms. The van der Waals surface area contributed by atoms with Crippen molar-refractivity contribution in [2.24, 2.45) is 0 Å². The maximum absolute atomic E-state index is 12.7. The fourth-order valence-corrected chi connectivity index (χ4v) is 4.96. The predicted octanol–water partition coefficient (Wildman–Crippen LogP) is 2.54. The highest BCUT2D eigenvalue weighted by Crippen LogP contribution is 2.16. The topological polar surface area (TPSA) is 105 Å². The summed E-state index contributed by atoms with van der Waals surface area (Å²) in [5.74, 6) is -0.298. The Balaban J connectivity index is 1.45. The molecule has 0 bridgehead atoms.